The summed E-state index contributed by atoms with van der Waals surface area (Å²) in [6.45, 7) is 5.03. The molecule has 0 heterocycles. The van der Waals surface area contributed by atoms with Gasteiger partial charge in [-0.3, -0.25) is 0 Å². The highest BCUT2D eigenvalue weighted by molar-refractivity contribution is 5.87. The first-order valence-corrected chi connectivity index (χ1v) is 6.16. The first kappa shape index (κ1) is 15.4. The first-order chi connectivity index (χ1) is 9.08. The number of hydrogen-bond donors (Lipinski definition) is 0. The van der Waals surface area contributed by atoms with Gasteiger partial charge in [-0.25, -0.2) is 13.2 Å². The number of alkyl halides is 2. The zero-order chi connectivity index (χ0) is 14.3. The van der Waals surface area contributed by atoms with Crippen LogP contribution in [-0.4, -0.2) is 18.9 Å². The summed E-state index contributed by atoms with van der Waals surface area (Å²) in [6, 6.07) is 4.87. The topological polar surface area (TPSA) is 24.7 Å². The van der Waals surface area contributed by atoms with E-state index in [1.54, 1.807) is 12.1 Å². The van der Waals surface area contributed by atoms with Crippen molar-refractivity contribution in [3.8, 4) is 0 Å². The number of nitrogens with zero attached hydrogens (tertiary/aromatic N) is 2. The Morgan fingerprint density at radius 1 is 1.32 bits per heavy atom. The summed E-state index contributed by atoms with van der Waals surface area (Å²) in [6.07, 6.45) is -0.764. The van der Waals surface area contributed by atoms with E-state index in [1.165, 1.54) is 6.07 Å². The summed E-state index contributed by atoms with van der Waals surface area (Å²) in [5.41, 5.74) is 1.00. The molecule has 0 N–H and O–H groups in total. The Bertz CT molecular complexity index is 456. The van der Waals surface area contributed by atoms with Crippen molar-refractivity contribution in [1.29, 1.82) is 0 Å². The number of hydrogen-bond acceptors (Lipinski definition) is 2. The molecular weight excluding hydrogens is 253 g/mol. The van der Waals surface area contributed by atoms with Crippen LogP contribution in [0.4, 0.5) is 13.2 Å². The standard InChI is InChI=1S/C14H17F3N2/c1-3-4-11-7-5-10(9-12(11)15)6-8-13(14(16)17)19-18-2/h5,7,9,14H,2-4,6,8H2,1H3/b19-13+. The van der Waals surface area contributed by atoms with E-state index in [1.807, 2.05) is 6.92 Å². The Balaban J connectivity index is 2.70. The van der Waals surface area contributed by atoms with E-state index < -0.39 is 6.43 Å². The minimum absolute atomic E-state index is 0.0449. The molecule has 19 heavy (non-hydrogen) atoms. The Morgan fingerprint density at radius 3 is 2.58 bits per heavy atom. The van der Waals surface area contributed by atoms with Crippen LogP contribution in [0.15, 0.2) is 28.4 Å². The van der Waals surface area contributed by atoms with Gasteiger partial charge in [0.2, 0.25) is 0 Å². The van der Waals surface area contributed by atoms with Crippen LogP contribution in [0, 0.1) is 5.82 Å². The molecule has 0 aliphatic heterocycles. The maximum atomic E-state index is 13.7. The van der Waals surface area contributed by atoms with Crippen LogP contribution < -0.4 is 0 Å². The van der Waals surface area contributed by atoms with Gasteiger partial charge in [0.15, 0.2) is 0 Å². The van der Waals surface area contributed by atoms with Gasteiger partial charge in [-0.15, -0.1) is 0 Å². The fourth-order valence-corrected chi connectivity index (χ4v) is 1.78. The zero-order valence-corrected chi connectivity index (χ0v) is 10.9. The molecule has 0 unspecified atom stereocenters. The maximum absolute atomic E-state index is 13.7. The van der Waals surface area contributed by atoms with Gasteiger partial charge in [-0.2, -0.15) is 10.2 Å². The average molecular weight is 270 g/mol. The molecule has 1 rings (SSSR count). The van der Waals surface area contributed by atoms with E-state index in [0.717, 1.165) is 6.42 Å². The number of rotatable bonds is 7. The third kappa shape index (κ3) is 4.85. The molecule has 2 nitrogen and oxygen atoms in total. The molecule has 104 valence electrons. The van der Waals surface area contributed by atoms with Crippen molar-refractivity contribution in [3.05, 3.63) is 35.1 Å². The summed E-state index contributed by atoms with van der Waals surface area (Å²) >= 11 is 0. The minimum Gasteiger partial charge on any atom is -0.207 e. The van der Waals surface area contributed by atoms with Crippen LogP contribution in [0.2, 0.25) is 0 Å². The van der Waals surface area contributed by atoms with E-state index in [-0.39, 0.29) is 17.9 Å². The molecule has 0 radical (unpaired) electrons. The minimum atomic E-state index is -2.66. The lowest BCUT2D eigenvalue weighted by Gasteiger charge is -2.06. The van der Waals surface area contributed by atoms with Gasteiger partial charge >= 0.3 is 0 Å². The van der Waals surface area contributed by atoms with Crippen LogP contribution in [0.25, 0.3) is 0 Å². The summed E-state index contributed by atoms with van der Waals surface area (Å²) < 4.78 is 38.7. The van der Waals surface area contributed by atoms with Crippen LogP contribution in [0.5, 0.6) is 0 Å². The number of halogens is 3. The molecule has 0 bridgehead atoms. The van der Waals surface area contributed by atoms with Gasteiger partial charge in [-0.05, 0) is 36.5 Å². The third-order valence-electron chi connectivity index (χ3n) is 2.76. The van der Waals surface area contributed by atoms with Gasteiger partial charge in [0.25, 0.3) is 6.43 Å². The van der Waals surface area contributed by atoms with E-state index in [2.05, 4.69) is 16.9 Å². The van der Waals surface area contributed by atoms with Crippen molar-refractivity contribution in [2.75, 3.05) is 0 Å². The van der Waals surface area contributed by atoms with Crippen LogP contribution >= 0.6 is 0 Å². The molecule has 1 aromatic rings. The molecule has 0 fully saturated rings. The second-order valence-electron chi connectivity index (χ2n) is 4.21. The maximum Gasteiger partial charge on any atom is 0.278 e. The van der Waals surface area contributed by atoms with E-state index in [9.17, 15) is 13.2 Å². The molecular formula is C14H17F3N2. The predicted octanol–water partition coefficient (Wildman–Crippen LogP) is 4.03. The fraction of sp³-hybridized carbons (Fsp3) is 0.429. The van der Waals surface area contributed by atoms with Crippen molar-refractivity contribution >= 4 is 12.4 Å². The van der Waals surface area contributed by atoms with Crippen molar-refractivity contribution in [2.24, 2.45) is 10.2 Å². The van der Waals surface area contributed by atoms with Gasteiger partial charge in [0.1, 0.15) is 11.5 Å². The predicted molar refractivity (Wildman–Crippen MR) is 71.7 cm³/mol. The summed E-state index contributed by atoms with van der Waals surface area (Å²) in [4.78, 5) is 0. The Hall–Kier alpha value is -1.65. The van der Waals surface area contributed by atoms with Crippen molar-refractivity contribution in [1.82, 2.24) is 0 Å². The zero-order valence-electron chi connectivity index (χ0n) is 10.9. The van der Waals surface area contributed by atoms with Crippen LogP contribution in [-0.2, 0) is 12.8 Å². The molecule has 1 aromatic carbocycles. The number of benzene rings is 1. The van der Waals surface area contributed by atoms with Crippen molar-refractivity contribution in [2.45, 2.75) is 39.0 Å². The smallest absolute Gasteiger partial charge is 0.207 e. The van der Waals surface area contributed by atoms with Gasteiger partial charge < -0.3 is 0 Å². The second-order valence-corrected chi connectivity index (χ2v) is 4.21. The first-order valence-electron chi connectivity index (χ1n) is 6.16. The molecule has 0 aliphatic carbocycles. The lowest BCUT2D eigenvalue weighted by molar-refractivity contribution is 0.222. The highest BCUT2D eigenvalue weighted by Gasteiger charge is 2.13. The molecule has 0 aromatic heterocycles. The quantitative estimate of drug-likeness (QED) is 0.528. The highest BCUT2D eigenvalue weighted by atomic mass is 19.3. The Morgan fingerprint density at radius 2 is 2.05 bits per heavy atom. The molecule has 0 aliphatic rings. The van der Waals surface area contributed by atoms with Crippen LogP contribution in [0.3, 0.4) is 0 Å². The van der Waals surface area contributed by atoms with Gasteiger partial charge in [0, 0.05) is 6.72 Å². The second kappa shape index (κ2) is 7.71. The monoisotopic (exact) mass is 270 g/mol. The normalized spacial score (nSPS) is 11.9. The molecule has 0 atom stereocenters. The van der Waals surface area contributed by atoms with E-state index in [4.69, 9.17) is 0 Å². The third-order valence-corrected chi connectivity index (χ3v) is 2.76. The van der Waals surface area contributed by atoms with Crippen LogP contribution in [0.1, 0.15) is 30.9 Å². The largest absolute Gasteiger partial charge is 0.278 e. The molecule has 0 amide bonds. The van der Waals surface area contributed by atoms with Crippen molar-refractivity contribution in [3.63, 3.8) is 0 Å². The lowest BCUT2D eigenvalue weighted by atomic mass is 10.0. The molecule has 0 saturated heterocycles. The van der Waals surface area contributed by atoms with Gasteiger partial charge in [-0.1, -0.05) is 25.5 Å². The SMILES string of the molecule is C=N/N=C(\CCc1ccc(CCC)c(F)c1)C(F)F. The highest BCUT2D eigenvalue weighted by Crippen LogP contribution is 2.15. The van der Waals surface area contributed by atoms with E-state index >= 15 is 0 Å². The number of aryl methyl sites for hydroxylation is 2. The Kier molecular flexibility index (Phi) is 6.25. The van der Waals surface area contributed by atoms with Gasteiger partial charge in [0.05, 0.1) is 0 Å². The summed E-state index contributed by atoms with van der Waals surface area (Å²) in [5.74, 6) is -0.281. The van der Waals surface area contributed by atoms with E-state index in [0.29, 0.717) is 24.0 Å². The average Bonchev–Trinajstić information content (AvgIpc) is 2.37. The molecule has 0 spiro atoms. The molecule has 0 saturated carbocycles. The Labute approximate surface area is 111 Å². The summed E-state index contributed by atoms with van der Waals surface area (Å²) in [7, 11) is 0. The summed E-state index contributed by atoms with van der Waals surface area (Å²) in [5, 5.41) is 6.40. The fourth-order valence-electron chi connectivity index (χ4n) is 1.78. The molecule has 5 heteroatoms. The lowest BCUT2D eigenvalue weighted by Crippen LogP contribution is -2.11. The van der Waals surface area contributed by atoms with Crippen molar-refractivity contribution < 1.29 is 13.2 Å².